The predicted molar refractivity (Wildman–Crippen MR) is 95.9 cm³/mol. The van der Waals surface area contributed by atoms with Crippen LogP contribution >= 0.6 is 11.6 Å². The van der Waals surface area contributed by atoms with E-state index in [1.165, 1.54) is 24.3 Å². The second kappa shape index (κ2) is 7.27. The molecule has 0 saturated heterocycles. The summed E-state index contributed by atoms with van der Waals surface area (Å²) < 4.78 is 12.9. The number of hydrogen-bond donors (Lipinski definition) is 2. The SMILES string of the molecule is Cc1cc(Cl)ccc1Nc1ccc(NC(=O)c2ccc(F)cc2)nn1. The fourth-order valence-corrected chi connectivity index (χ4v) is 2.39. The van der Waals surface area contributed by atoms with Crippen LogP contribution in [0.5, 0.6) is 0 Å². The van der Waals surface area contributed by atoms with Gasteiger partial charge in [0.25, 0.3) is 5.91 Å². The summed E-state index contributed by atoms with van der Waals surface area (Å²) in [5.74, 6) is 0.0470. The molecule has 1 heterocycles. The molecule has 126 valence electrons. The quantitative estimate of drug-likeness (QED) is 0.718. The molecule has 1 amide bonds. The lowest BCUT2D eigenvalue weighted by Crippen LogP contribution is -2.13. The highest BCUT2D eigenvalue weighted by Crippen LogP contribution is 2.22. The third-order valence-electron chi connectivity index (χ3n) is 3.46. The van der Waals surface area contributed by atoms with Crippen LogP contribution in [-0.4, -0.2) is 16.1 Å². The van der Waals surface area contributed by atoms with Crippen molar-refractivity contribution in [3.05, 3.63) is 76.6 Å². The normalized spacial score (nSPS) is 10.4. The van der Waals surface area contributed by atoms with Crippen LogP contribution in [0.3, 0.4) is 0 Å². The van der Waals surface area contributed by atoms with Crippen LogP contribution in [-0.2, 0) is 0 Å². The lowest BCUT2D eigenvalue weighted by molar-refractivity contribution is 0.102. The number of benzene rings is 2. The number of aromatic nitrogens is 2. The topological polar surface area (TPSA) is 66.9 Å². The van der Waals surface area contributed by atoms with Crippen LogP contribution in [0.1, 0.15) is 15.9 Å². The van der Waals surface area contributed by atoms with Crippen LogP contribution in [0.4, 0.5) is 21.7 Å². The van der Waals surface area contributed by atoms with Gasteiger partial charge < -0.3 is 10.6 Å². The number of halogens is 2. The lowest BCUT2D eigenvalue weighted by atomic mass is 10.2. The first-order valence-corrected chi connectivity index (χ1v) is 7.83. The molecule has 0 saturated carbocycles. The van der Waals surface area contributed by atoms with Gasteiger partial charge in [0.1, 0.15) is 5.82 Å². The number of carbonyl (C=O) groups excluding carboxylic acids is 1. The van der Waals surface area contributed by atoms with E-state index in [0.29, 0.717) is 22.2 Å². The molecule has 0 unspecified atom stereocenters. The summed E-state index contributed by atoms with van der Waals surface area (Å²) in [5.41, 5.74) is 2.17. The van der Waals surface area contributed by atoms with Gasteiger partial charge >= 0.3 is 0 Å². The van der Waals surface area contributed by atoms with Crippen molar-refractivity contribution in [3.8, 4) is 0 Å². The largest absolute Gasteiger partial charge is 0.339 e. The molecule has 0 radical (unpaired) electrons. The molecule has 0 bridgehead atoms. The fourth-order valence-electron chi connectivity index (χ4n) is 2.16. The van der Waals surface area contributed by atoms with E-state index in [1.54, 1.807) is 18.2 Å². The zero-order valence-electron chi connectivity index (χ0n) is 13.3. The van der Waals surface area contributed by atoms with Gasteiger partial charge in [0, 0.05) is 16.3 Å². The minimum Gasteiger partial charge on any atom is -0.339 e. The summed E-state index contributed by atoms with van der Waals surface area (Å²) in [7, 11) is 0. The molecular weight excluding hydrogens is 343 g/mol. The molecule has 5 nitrogen and oxygen atoms in total. The van der Waals surface area contributed by atoms with Crippen molar-refractivity contribution in [3.63, 3.8) is 0 Å². The van der Waals surface area contributed by atoms with Gasteiger partial charge in [-0.25, -0.2) is 4.39 Å². The molecule has 0 fully saturated rings. The van der Waals surface area contributed by atoms with Crippen molar-refractivity contribution in [2.24, 2.45) is 0 Å². The highest BCUT2D eigenvalue weighted by molar-refractivity contribution is 6.30. The van der Waals surface area contributed by atoms with E-state index in [1.807, 2.05) is 19.1 Å². The van der Waals surface area contributed by atoms with Crippen molar-refractivity contribution in [2.75, 3.05) is 10.6 Å². The minimum absolute atomic E-state index is 0.299. The van der Waals surface area contributed by atoms with Gasteiger partial charge in [-0.1, -0.05) is 11.6 Å². The highest BCUT2D eigenvalue weighted by Gasteiger charge is 2.08. The Balaban J connectivity index is 1.67. The van der Waals surface area contributed by atoms with Crippen molar-refractivity contribution in [1.82, 2.24) is 10.2 Å². The average Bonchev–Trinajstić information content (AvgIpc) is 2.59. The number of aryl methyl sites for hydroxylation is 1. The van der Waals surface area contributed by atoms with E-state index < -0.39 is 5.82 Å². The lowest BCUT2D eigenvalue weighted by Gasteiger charge is -2.09. The van der Waals surface area contributed by atoms with Crippen molar-refractivity contribution >= 4 is 34.8 Å². The molecule has 0 aliphatic rings. The van der Waals surface area contributed by atoms with Crippen LogP contribution in [0.15, 0.2) is 54.6 Å². The van der Waals surface area contributed by atoms with Crippen LogP contribution in [0.25, 0.3) is 0 Å². The molecule has 2 N–H and O–H groups in total. The maximum absolute atomic E-state index is 12.9. The predicted octanol–water partition coefficient (Wildman–Crippen LogP) is 4.57. The summed E-state index contributed by atoms with van der Waals surface area (Å²) in [4.78, 5) is 12.0. The number of nitrogens with zero attached hydrogens (tertiary/aromatic N) is 2. The molecule has 0 atom stereocenters. The Bertz CT molecular complexity index is 898. The monoisotopic (exact) mass is 356 g/mol. The molecule has 2 aromatic carbocycles. The van der Waals surface area contributed by atoms with Crippen molar-refractivity contribution in [1.29, 1.82) is 0 Å². The van der Waals surface area contributed by atoms with Crippen LogP contribution in [0.2, 0.25) is 5.02 Å². The fraction of sp³-hybridized carbons (Fsp3) is 0.0556. The zero-order valence-corrected chi connectivity index (χ0v) is 14.0. The van der Waals surface area contributed by atoms with E-state index in [2.05, 4.69) is 20.8 Å². The number of anilines is 3. The summed E-state index contributed by atoms with van der Waals surface area (Å²) in [6, 6.07) is 14.0. The first-order valence-electron chi connectivity index (χ1n) is 7.45. The molecule has 1 aromatic heterocycles. The Morgan fingerprint density at radius 1 is 1.00 bits per heavy atom. The third kappa shape index (κ3) is 4.30. The Kier molecular flexibility index (Phi) is 4.90. The van der Waals surface area contributed by atoms with Gasteiger partial charge in [0.15, 0.2) is 11.6 Å². The number of rotatable bonds is 4. The smallest absolute Gasteiger partial charge is 0.256 e. The molecule has 3 aromatic rings. The zero-order chi connectivity index (χ0) is 17.8. The number of nitrogens with one attached hydrogen (secondary N) is 2. The van der Waals surface area contributed by atoms with Crippen LogP contribution < -0.4 is 10.6 Å². The van der Waals surface area contributed by atoms with E-state index >= 15 is 0 Å². The standard InChI is InChI=1S/C18H14ClFN4O/c1-11-10-13(19)4-7-15(11)21-16-8-9-17(24-23-16)22-18(25)12-2-5-14(20)6-3-12/h2-10H,1H3,(H,21,23)(H,22,24,25). The van der Waals surface area contributed by atoms with Crippen LogP contribution in [0, 0.1) is 12.7 Å². The number of amides is 1. The second-order valence-corrected chi connectivity index (χ2v) is 5.79. The Labute approximate surface area is 148 Å². The summed E-state index contributed by atoms with van der Waals surface area (Å²) in [6.45, 7) is 1.93. The highest BCUT2D eigenvalue weighted by atomic mass is 35.5. The second-order valence-electron chi connectivity index (χ2n) is 5.35. The van der Waals surface area contributed by atoms with Gasteiger partial charge in [-0.3, -0.25) is 4.79 Å². The van der Waals surface area contributed by atoms with E-state index in [-0.39, 0.29) is 5.91 Å². The first-order chi connectivity index (χ1) is 12.0. The van der Waals surface area contributed by atoms with Gasteiger partial charge in [-0.2, -0.15) is 0 Å². The summed E-state index contributed by atoms with van der Waals surface area (Å²) >= 11 is 5.93. The number of hydrogen-bond acceptors (Lipinski definition) is 4. The molecular formula is C18H14ClFN4O. The van der Waals surface area contributed by atoms with Gasteiger partial charge in [-0.05, 0) is 67.1 Å². The van der Waals surface area contributed by atoms with Gasteiger partial charge in [-0.15, -0.1) is 10.2 Å². The van der Waals surface area contributed by atoms with Crippen molar-refractivity contribution < 1.29 is 9.18 Å². The molecule has 3 rings (SSSR count). The average molecular weight is 357 g/mol. The maximum atomic E-state index is 12.9. The maximum Gasteiger partial charge on any atom is 0.256 e. The summed E-state index contributed by atoms with van der Waals surface area (Å²) in [6.07, 6.45) is 0. The van der Waals surface area contributed by atoms with Gasteiger partial charge in [0.2, 0.25) is 0 Å². The molecule has 25 heavy (non-hydrogen) atoms. The van der Waals surface area contributed by atoms with E-state index in [4.69, 9.17) is 11.6 Å². The molecule has 0 aliphatic carbocycles. The first kappa shape index (κ1) is 16.9. The molecule has 7 heteroatoms. The Morgan fingerprint density at radius 3 is 2.32 bits per heavy atom. The number of carbonyl (C=O) groups is 1. The molecule has 0 aliphatic heterocycles. The van der Waals surface area contributed by atoms with Gasteiger partial charge in [0.05, 0.1) is 0 Å². The van der Waals surface area contributed by atoms with E-state index in [9.17, 15) is 9.18 Å². The molecule has 0 spiro atoms. The minimum atomic E-state index is -0.399. The van der Waals surface area contributed by atoms with E-state index in [0.717, 1.165) is 11.3 Å². The Morgan fingerprint density at radius 2 is 1.68 bits per heavy atom. The Hall–Kier alpha value is -2.99. The third-order valence-corrected chi connectivity index (χ3v) is 3.70. The van der Waals surface area contributed by atoms with Crippen molar-refractivity contribution in [2.45, 2.75) is 6.92 Å². The summed E-state index contributed by atoms with van der Waals surface area (Å²) in [5, 5.41) is 14.4.